The van der Waals surface area contributed by atoms with Crippen molar-refractivity contribution in [2.75, 3.05) is 26.9 Å². The molecule has 9 nitrogen and oxygen atoms in total. The third-order valence-electron chi connectivity index (χ3n) is 4.78. The van der Waals surface area contributed by atoms with Gasteiger partial charge in [0.05, 0.1) is 26.5 Å². The number of methoxy groups -OCH3 is 1. The van der Waals surface area contributed by atoms with Crippen molar-refractivity contribution in [2.45, 2.75) is 20.3 Å². The highest BCUT2D eigenvalue weighted by atomic mass is 16.6. The smallest absolute Gasteiger partial charge is 0.343 e. The molecular weight excluding hydrogens is 452 g/mol. The summed E-state index contributed by atoms with van der Waals surface area (Å²) in [6.45, 7) is 8.18. The molecular formula is C26H28N2O7. The number of allylic oxidation sites excluding steroid dienone is 1. The summed E-state index contributed by atoms with van der Waals surface area (Å²) in [6.07, 6.45) is 3.65. The second-order valence-corrected chi connectivity index (χ2v) is 7.24. The van der Waals surface area contributed by atoms with Gasteiger partial charge in [0.15, 0.2) is 23.9 Å². The van der Waals surface area contributed by atoms with E-state index in [1.165, 1.54) is 13.3 Å². The van der Waals surface area contributed by atoms with Gasteiger partial charge in [0.2, 0.25) is 0 Å². The standard InChI is InChI=1S/C26H28N2O7/c1-5-8-18-11-17(12-22(33-7-3)25(18)34-16-24(29)31-4)15-27-28-26(30)23-14-19-13-20(32-6-2)9-10-21(19)35-23/h5,9-15H,1,6-8,16H2,2-4H3,(H,28,30)/b27-15+. The molecule has 1 amide bonds. The Morgan fingerprint density at radius 3 is 2.60 bits per heavy atom. The lowest BCUT2D eigenvalue weighted by molar-refractivity contribution is -0.142. The number of fused-ring (bicyclic) bond motifs is 1. The second kappa shape index (κ2) is 12.3. The molecule has 0 fully saturated rings. The Balaban J connectivity index is 1.78. The lowest BCUT2D eigenvalue weighted by atomic mass is 10.1. The van der Waals surface area contributed by atoms with Gasteiger partial charge in [-0.25, -0.2) is 10.2 Å². The van der Waals surface area contributed by atoms with E-state index < -0.39 is 11.9 Å². The number of rotatable bonds is 12. The predicted molar refractivity (Wildman–Crippen MR) is 131 cm³/mol. The molecule has 1 N–H and O–H groups in total. The maximum absolute atomic E-state index is 12.5. The number of hydrogen-bond donors (Lipinski definition) is 1. The molecule has 2 aromatic carbocycles. The van der Waals surface area contributed by atoms with E-state index in [1.54, 1.807) is 30.3 Å². The van der Waals surface area contributed by atoms with E-state index in [4.69, 9.17) is 18.6 Å². The van der Waals surface area contributed by atoms with Crippen molar-refractivity contribution in [3.8, 4) is 17.2 Å². The minimum Gasteiger partial charge on any atom is -0.494 e. The first kappa shape index (κ1) is 25.4. The summed E-state index contributed by atoms with van der Waals surface area (Å²) in [7, 11) is 1.29. The van der Waals surface area contributed by atoms with Crippen LogP contribution in [0.4, 0.5) is 0 Å². The quantitative estimate of drug-likeness (QED) is 0.178. The number of nitrogens with one attached hydrogen (secondary N) is 1. The molecule has 0 saturated carbocycles. The first-order valence-corrected chi connectivity index (χ1v) is 11.1. The van der Waals surface area contributed by atoms with Crippen LogP contribution in [0.3, 0.4) is 0 Å². The highest BCUT2D eigenvalue weighted by Crippen LogP contribution is 2.33. The van der Waals surface area contributed by atoms with Crippen molar-refractivity contribution in [1.82, 2.24) is 5.43 Å². The van der Waals surface area contributed by atoms with E-state index in [0.717, 1.165) is 10.9 Å². The lowest BCUT2D eigenvalue weighted by Crippen LogP contribution is -2.17. The molecule has 0 aliphatic rings. The molecule has 184 valence electrons. The van der Waals surface area contributed by atoms with Crippen LogP contribution in [-0.4, -0.2) is 45.0 Å². The summed E-state index contributed by atoms with van der Waals surface area (Å²) in [6, 6.07) is 10.5. The molecule has 3 rings (SSSR count). The summed E-state index contributed by atoms with van der Waals surface area (Å²) in [4.78, 5) is 24.1. The summed E-state index contributed by atoms with van der Waals surface area (Å²) >= 11 is 0. The highest BCUT2D eigenvalue weighted by Gasteiger charge is 2.15. The fourth-order valence-corrected chi connectivity index (χ4v) is 3.29. The third-order valence-corrected chi connectivity index (χ3v) is 4.78. The van der Waals surface area contributed by atoms with Gasteiger partial charge >= 0.3 is 11.9 Å². The number of furan rings is 1. The number of esters is 1. The van der Waals surface area contributed by atoms with E-state index in [2.05, 4.69) is 21.8 Å². The van der Waals surface area contributed by atoms with Crippen LogP contribution in [0.2, 0.25) is 0 Å². The van der Waals surface area contributed by atoms with Crippen molar-refractivity contribution >= 4 is 29.1 Å². The summed E-state index contributed by atoms with van der Waals surface area (Å²) in [5.41, 5.74) is 4.43. The molecule has 0 bridgehead atoms. The number of amides is 1. The van der Waals surface area contributed by atoms with Crippen LogP contribution in [0.15, 0.2) is 58.6 Å². The molecule has 0 aliphatic heterocycles. The van der Waals surface area contributed by atoms with Crippen LogP contribution in [0, 0.1) is 0 Å². The van der Waals surface area contributed by atoms with Gasteiger partial charge in [-0.3, -0.25) is 4.79 Å². The number of nitrogens with zero attached hydrogens (tertiary/aromatic N) is 1. The maximum atomic E-state index is 12.5. The van der Waals surface area contributed by atoms with Gasteiger partial charge in [0, 0.05) is 10.9 Å². The zero-order valence-electron chi connectivity index (χ0n) is 20.0. The van der Waals surface area contributed by atoms with Crippen molar-refractivity contribution in [3.05, 3.63) is 65.9 Å². The molecule has 1 heterocycles. The first-order valence-electron chi connectivity index (χ1n) is 11.1. The Bertz CT molecular complexity index is 1230. The Morgan fingerprint density at radius 2 is 1.89 bits per heavy atom. The molecule has 3 aromatic rings. The lowest BCUT2D eigenvalue weighted by Gasteiger charge is -2.16. The van der Waals surface area contributed by atoms with Crippen LogP contribution < -0.4 is 19.6 Å². The van der Waals surface area contributed by atoms with E-state index in [1.807, 2.05) is 26.0 Å². The molecule has 0 unspecified atom stereocenters. The zero-order valence-corrected chi connectivity index (χ0v) is 20.0. The van der Waals surface area contributed by atoms with E-state index in [0.29, 0.717) is 48.0 Å². The fourth-order valence-electron chi connectivity index (χ4n) is 3.29. The topological polar surface area (TPSA) is 109 Å². The van der Waals surface area contributed by atoms with Crippen LogP contribution in [-0.2, 0) is 16.0 Å². The van der Waals surface area contributed by atoms with Gasteiger partial charge in [-0.05, 0) is 62.2 Å². The molecule has 1 aromatic heterocycles. The first-order chi connectivity index (χ1) is 17.0. The van der Waals surface area contributed by atoms with Gasteiger partial charge in [0.25, 0.3) is 0 Å². The molecule has 0 atom stereocenters. The van der Waals surface area contributed by atoms with Gasteiger partial charge in [-0.2, -0.15) is 5.10 Å². The fraction of sp³-hybridized carbons (Fsp3) is 0.269. The zero-order chi connectivity index (χ0) is 25.2. The van der Waals surface area contributed by atoms with Crippen LogP contribution in [0.1, 0.15) is 35.5 Å². The van der Waals surface area contributed by atoms with Crippen molar-refractivity contribution in [2.24, 2.45) is 5.10 Å². The molecule has 0 aliphatic carbocycles. The van der Waals surface area contributed by atoms with E-state index in [9.17, 15) is 9.59 Å². The largest absolute Gasteiger partial charge is 0.494 e. The number of hydrazone groups is 1. The highest BCUT2D eigenvalue weighted by molar-refractivity contribution is 5.96. The van der Waals surface area contributed by atoms with Crippen LogP contribution in [0.25, 0.3) is 11.0 Å². The molecule has 9 heteroatoms. The summed E-state index contributed by atoms with van der Waals surface area (Å²) < 4.78 is 27.1. The van der Waals surface area contributed by atoms with Gasteiger partial charge in [0.1, 0.15) is 11.3 Å². The normalized spacial score (nSPS) is 10.8. The number of benzene rings is 2. The molecule has 35 heavy (non-hydrogen) atoms. The van der Waals surface area contributed by atoms with Crippen molar-refractivity contribution < 1.29 is 33.0 Å². The van der Waals surface area contributed by atoms with Crippen molar-refractivity contribution in [3.63, 3.8) is 0 Å². The Hall–Kier alpha value is -4.27. The third kappa shape index (κ3) is 6.63. The van der Waals surface area contributed by atoms with E-state index in [-0.39, 0.29) is 12.4 Å². The van der Waals surface area contributed by atoms with Gasteiger partial charge < -0.3 is 23.4 Å². The predicted octanol–water partition coefficient (Wildman–Crippen LogP) is 4.27. The van der Waals surface area contributed by atoms with Crippen LogP contribution in [0.5, 0.6) is 17.2 Å². The Morgan fingerprint density at radius 1 is 1.09 bits per heavy atom. The average Bonchev–Trinajstić information content (AvgIpc) is 3.27. The number of carbonyl (C=O) groups is 2. The molecule has 0 spiro atoms. The summed E-state index contributed by atoms with van der Waals surface area (Å²) in [5, 5.41) is 4.80. The minimum atomic E-state index is -0.509. The maximum Gasteiger partial charge on any atom is 0.343 e. The Labute approximate surface area is 203 Å². The van der Waals surface area contributed by atoms with Gasteiger partial charge in [-0.15, -0.1) is 6.58 Å². The SMILES string of the molecule is C=CCc1cc(/C=N/NC(=O)c2cc3cc(OCC)ccc3o2)cc(OCC)c1OCC(=O)OC. The van der Waals surface area contributed by atoms with E-state index >= 15 is 0 Å². The number of carbonyl (C=O) groups excluding carboxylic acids is 2. The second-order valence-electron chi connectivity index (χ2n) is 7.24. The van der Waals surface area contributed by atoms with Gasteiger partial charge in [-0.1, -0.05) is 6.08 Å². The summed E-state index contributed by atoms with van der Waals surface area (Å²) in [5.74, 6) is 0.678. The number of ether oxygens (including phenoxy) is 4. The molecule has 0 radical (unpaired) electrons. The average molecular weight is 481 g/mol. The van der Waals surface area contributed by atoms with Crippen LogP contribution >= 0.6 is 0 Å². The number of hydrogen-bond acceptors (Lipinski definition) is 8. The van der Waals surface area contributed by atoms with Crippen molar-refractivity contribution in [1.29, 1.82) is 0 Å². The Kier molecular flexibility index (Phi) is 8.89. The minimum absolute atomic E-state index is 0.125. The molecule has 0 saturated heterocycles. The monoisotopic (exact) mass is 480 g/mol.